The lowest BCUT2D eigenvalue weighted by Gasteiger charge is -2.36. The van der Waals surface area contributed by atoms with Crippen molar-refractivity contribution in [1.29, 1.82) is 0 Å². The van der Waals surface area contributed by atoms with Gasteiger partial charge in [0.25, 0.3) is 5.91 Å². The van der Waals surface area contributed by atoms with Crippen molar-refractivity contribution in [3.63, 3.8) is 0 Å². The van der Waals surface area contributed by atoms with Crippen LogP contribution in [0.25, 0.3) is 5.65 Å². The first-order valence-corrected chi connectivity index (χ1v) is 12.4. The Bertz CT molecular complexity index is 1140. The lowest BCUT2D eigenvalue weighted by Crippen LogP contribution is -2.48. The highest BCUT2D eigenvalue weighted by Crippen LogP contribution is 2.83. The van der Waals surface area contributed by atoms with E-state index in [9.17, 15) is 9.59 Å². The van der Waals surface area contributed by atoms with E-state index in [-0.39, 0.29) is 18.2 Å². The molecule has 33 heavy (non-hydrogen) atoms. The molecular formula is C25H31N5O3. The molecule has 3 heterocycles. The number of nitrogens with one attached hydrogen (secondary N) is 2. The third-order valence-corrected chi connectivity index (χ3v) is 9.05. The van der Waals surface area contributed by atoms with Gasteiger partial charge in [-0.1, -0.05) is 6.07 Å². The zero-order chi connectivity index (χ0) is 22.2. The molecule has 4 aliphatic carbocycles. The molecule has 5 fully saturated rings. The topological polar surface area (TPSA) is 88.0 Å². The first-order chi connectivity index (χ1) is 16.0. The summed E-state index contributed by atoms with van der Waals surface area (Å²) in [7, 11) is 0. The summed E-state index contributed by atoms with van der Waals surface area (Å²) in [5, 5.41) is 5.16. The molecule has 2 bridgehead atoms. The molecule has 1 saturated heterocycles. The quantitative estimate of drug-likeness (QED) is 0.702. The molecule has 0 aromatic carbocycles. The van der Waals surface area contributed by atoms with Gasteiger partial charge in [-0.05, 0) is 72.8 Å². The van der Waals surface area contributed by atoms with E-state index in [0.717, 1.165) is 24.3 Å². The summed E-state index contributed by atoms with van der Waals surface area (Å²) in [5.41, 5.74) is 5.83. The maximum atomic E-state index is 13.2. The molecule has 2 aromatic heterocycles. The van der Waals surface area contributed by atoms with Crippen molar-refractivity contribution in [3.05, 3.63) is 35.8 Å². The fourth-order valence-electron chi connectivity index (χ4n) is 7.61. The highest BCUT2D eigenvalue weighted by atomic mass is 16.5. The van der Waals surface area contributed by atoms with Crippen molar-refractivity contribution in [2.45, 2.75) is 38.5 Å². The van der Waals surface area contributed by atoms with Crippen LogP contribution in [0, 0.1) is 28.6 Å². The molecule has 1 aliphatic heterocycles. The Labute approximate surface area is 193 Å². The van der Waals surface area contributed by atoms with Crippen molar-refractivity contribution in [2.24, 2.45) is 28.6 Å². The summed E-state index contributed by atoms with van der Waals surface area (Å²) in [4.78, 5) is 30.2. The molecule has 174 valence electrons. The van der Waals surface area contributed by atoms with Crippen molar-refractivity contribution in [2.75, 3.05) is 32.8 Å². The second-order valence-electron chi connectivity index (χ2n) is 11.2. The Morgan fingerprint density at radius 1 is 1.18 bits per heavy atom. The van der Waals surface area contributed by atoms with E-state index in [1.165, 1.54) is 32.1 Å². The lowest BCUT2D eigenvalue weighted by molar-refractivity contribution is -0.127. The number of aromatic nitrogens is 2. The van der Waals surface area contributed by atoms with Gasteiger partial charge in [0.2, 0.25) is 5.91 Å². The van der Waals surface area contributed by atoms with Crippen molar-refractivity contribution in [3.8, 4) is 0 Å². The molecule has 8 nitrogen and oxygen atoms in total. The fourth-order valence-corrected chi connectivity index (χ4v) is 7.61. The number of nitrogens with zero attached hydrogens (tertiary/aromatic N) is 3. The smallest absolute Gasteiger partial charge is 0.268 e. The van der Waals surface area contributed by atoms with Crippen LogP contribution in [0.15, 0.2) is 24.4 Å². The minimum atomic E-state index is -0.102. The number of imidazole rings is 1. The van der Waals surface area contributed by atoms with Crippen LogP contribution in [0.1, 0.15) is 48.3 Å². The normalized spacial score (nSPS) is 36.2. The number of fused-ring (bicyclic) bond motifs is 3. The van der Waals surface area contributed by atoms with Gasteiger partial charge in [-0.25, -0.2) is 9.99 Å². The van der Waals surface area contributed by atoms with Crippen LogP contribution in [0.2, 0.25) is 0 Å². The monoisotopic (exact) mass is 449 g/mol. The van der Waals surface area contributed by atoms with E-state index in [4.69, 9.17) is 4.74 Å². The summed E-state index contributed by atoms with van der Waals surface area (Å²) in [6.07, 6.45) is 8.80. The second-order valence-corrected chi connectivity index (χ2v) is 11.2. The van der Waals surface area contributed by atoms with Gasteiger partial charge in [-0.3, -0.25) is 19.4 Å². The minimum Gasteiger partial charge on any atom is -0.379 e. The van der Waals surface area contributed by atoms with Gasteiger partial charge in [-0.15, -0.1) is 0 Å². The number of morpholine rings is 1. The number of ether oxygens (including phenoxy) is 1. The Hall–Kier alpha value is -2.45. The van der Waals surface area contributed by atoms with Gasteiger partial charge in [-0.2, -0.15) is 0 Å². The molecule has 7 rings (SSSR count). The molecule has 2 N–H and O–H groups in total. The number of carbonyl (C=O) groups excluding carboxylic acids is 2. The largest absolute Gasteiger partial charge is 0.379 e. The predicted octanol–water partition coefficient (Wildman–Crippen LogP) is 1.80. The fraction of sp³-hybridized carbons (Fsp3) is 0.640. The molecule has 0 radical (unpaired) electrons. The number of hydrogen-bond donors (Lipinski definition) is 2. The molecule has 5 atom stereocenters. The van der Waals surface area contributed by atoms with Gasteiger partial charge in [0.1, 0.15) is 11.3 Å². The standard InChI is InChI=1S/C25H31N5O3/c31-22(28-29-4-6-33-7-5-29)9-18-13-30-20(2-1-3-21(30)27-18)23(32)26-15-24-10-16-8-19(16)25(14-24)12-17(25)11-24/h1-3,13,16-17,19H,4-12,14-15H2,(H,26,32)(H,28,31)/t16?,17?,19-,24?,25?/m0/s1. The van der Waals surface area contributed by atoms with E-state index in [0.29, 0.717) is 54.2 Å². The van der Waals surface area contributed by atoms with Gasteiger partial charge in [0.05, 0.1) is 25.3 Å². The van der Waals surface area contributed by atoms with Gasteiger partial charge in [0, 0.05) is 25.8 Å². The molecule has 4 saturated carbocycles. The third-order valence-electron chi connectivity index (χ3n) is 9.05. The van der Waals surface area contributed by atoms with Gasteiger partial charge >= 0.3 is 0 Å². The van der Waals surface area contributed by atoms with Gasteiger partial charge < -0.3 is 10.1 Å². The van der Waals surface area contributed by atoms with Crippen molar-refractivity contribution < 1.29 is 14.3 Å². The molecule has 1 spiro atoms. The van der Waals surface area contributed by atoms with Gasteiger partial charge in [0.15, 0.2) is 0 Å². The summed E-state index contributed by atoms with van der Waals surface area (Å²) in [6, 6.07) is 5.58. The maximum absolute atomic E-state index is 13.2. The predicted molar refractivity (Wildman–Crippen MR) is 120 cm³/mol. The van der Waals surface area contributed by atoms with Crippen LogP contribution in [-0.2, 0) is 16.0 Å². The number of hydrogen-bond acceptors (Lipinski definition) is 5. The Balaban J connectivity index is 1.03. The van der Waals surface area contributed by atoms with Crippen LogP contribution in [0.3, 0.4) is 0 Å². The van der Waals surface area contributed by atoms with Crippen LogP contribution in [0.5, 0.6) is 0 Å². The van der Waals surface area contributed by atoms with Crippen LogP contribution >= 0.6 is 0 Å². The Morgan fingerprint density at radius 3 is 2.94 bits per heavy atom. The summed E-state index contributed by atoms with van der Waals surface area (Å²) in [5.74, 6) is 2.70. The summed E-state index contributed by atoms with van der Waals surface area (Å²) in [6.45, 7) is 3.40. The maximum Gasteiger partial charge on any atom is 0.268 e. The van der Waals surface area contributed by atoms with Crippen molar-refractivity contribution >= 4 is 17.5 Å². The Kier molecular flexibility index (Phi) is 4.25. The molecule has 4 unspecified atom stereocenters. The second kappa shape index (κ2) is 7.03. The number of carbonyl (C=O) groups is 2. The first-order valence-electron chi connectivity index (χ1n) is 12.4. The lowest BCUT2D eigenvalue weighted by atomic mass is 9.71. The average Bonchev–Trinajstić information content (AvgIpc) is 3.64. The highest BCUT2D eigenvalue weighted by Gasteiger charge is 2.76. The summed E-state index contributed by atoms with van der Waals surface area (Å²) >= 11 is 0. The minimum absolute atomic E-state index is 0.0516. The molecule has 2 amide bonds. The van der Waals surface area contributed by atoms with E-state index < -0.39 is 0 Å². The number of amides is 2. The zero-order valence-electron chi connectivity index (χ0n) is 18.9. The average molecular weight is 450 g/mol. The molecule has 5 aliphatic rings. The SMILES string of the molecule is O=C(Cc1cn2c(C(=O)NCC34CC5C[C@@H]5C5(CC5C3)C4)cccc2n1)NN1CCOCC1. The highest BCUT2D eigenvalue weighted by molar-refractivity contribution is 5.93. The van der Waals surface area contributed by atoms with Crippen LogP contribution in [0.4, 0.5) is 0 Å². The Morgan fingerprint density at radius 2 is 2.06 bits per heavy atom. The number of pyridine rings is 1. The molecule has 8 heteroatoms. The number of hydrazine groups is 1. The zero-order valence-corrected chi connectivity index (χ0v) is 18.9. The van der Waals surface area contributed by atoms with Crippen molar-refractivity contribution in [1.82, 2.24) is 25.1 Å². The van der Waals surface area contributed by atoms with E-state index in [2.05, 4.69) is 15.7 Å². The molecular weight excluding hydrogens is 418 g/mol. The van der Waals surface area contributed by atoms with Crippen LogP contribution in [-0.4, -0.2) is 59.1 Å². The third kappa shape index (κ3) is 3.29. The summed E-state index contributed by atoms with van der Waals surface area (Å²) < 4.78 is 7.13. The van der Waals surface area contributed by atoms with Crippen LogP contribution < -0.4 is 10.7 Å². The number of rotatable bonds is 6. The first kappa shape index (κ1) is 20.0. The molecule has 2 aromatic rings. The van der Waals surface area contributed by atoms with E-state index in [1.807, 2.05) is 33.8 Å². The van der Waals surface area contributed by atoms with E-state index in [1.54, 1.807) is 0 Å². The van der Waals surface area contributed by atoms with E-state index >= 15 is 0 Å².